The Bertz CT molecular complexity index is 914. The van der Waals surface area contributed by atoms with Crippen LogP contribution in [0.2, 0.25) is 0 Å². The van der Waals surface area contributed by atoms with E-state index >= 15 is 0 Å². The Balaban J connectivity index is 1.60. The number of nitrogens with zero attached hydrogens (tertiary/aromatic N) is 2. The van der Waals surface area contributed by atoms with Crippen molar-refractivity contribution in [1.29, 1.82) is 0 Å². The molecule has 5 heteroatoms. The van der Waals surface area contributed by atoms with Crippen molar-refractivity contribution in [3.8, 4) is 11.5 Å². The number of hydrogen-bond acceptors (Lipinski definition) is 5. The van der Waals surface area contributed by atoms with E-state index in [1.54, 1.807) is 7.11 Å². The fourth-order valence-corrected chi connectivity index (χ4v) is 4.53. The van der Waals surface area contributed by atoms with Gasteiger partial charge in [0.2, 0.25) is 0 Å². The second-order valence-electron chi connectivity index (χ2n) is 8.10. The number of ether oxygens (including phenoxy) is 2. The summed E-state index contributed by atoms with van der Waals surface area (Å²) in [6.07, 6.45) is 4.21. The van der Waals surface area contributed by atoms with Crippen molar-refractivity contribution < 1.29 is 9.47 Å². The first-order valence-corrected chi connectivity index (χ1v) is 9.99. The first-order chi connectivity index (χ1) is 13.6. The molecule has 2 aromatic carbocycles. The summed E-state index contributed by atoms with van der Waals surface area (Å²) in [7, 11) is 3.89. The molecule has 0 aliphatic carbocycles. The third-order valence-electron chi connectivity index (χ3n) is 6.25. The maximum atomic E-state index is 6.73. The second kappa shape index (κ2) is 6.54. The Labute approximate surface area is 166 Å². The van der Waals surface area contributed by atoms with Crippen LogP contribution in [0.4, 0.5) is 0 Å². The topological polar surface area (TPSA) is 37.0 Å². The predicted molar refractivity (Wildman–Crippen MR) is 110 cm³/mol. The lowest BCUT2D eigenvalue weighted by molar-refractivity contribution is -0.158. The molecule has 0 aromatic heterocycles. The smallest absolute Gasteiger partial charge is 0.183 e. The molecule has 5 rings (SSSR count). The summed E-state index contributed by atoms with van der Waals surface area (Å²) >= 11 is 0. The summed E-state index contributed by atoms with van der Waals surface area (Å²) in [6, 6.07) is 15.0. The number of para-hydroxylation sites is 1. The maximum Gasteiger partial charge on any atom is 0.183 e. The van der Waals surface area contributed by atoms with Crippen molar-refractivity contribution in [2.24, 2.45) is 0 Å². The highest BCUT2D eigenvalue weighted by molar-refractivity contribution is 5.68. The highest BCUT2D eigenvalue weighted by Gasteiger charge is 2.52. The van der Waals surface area contributed by atoms with Crippen LogP contribution in [-0.2, 0) is 0 Å². The number of hydrazine groups is 1. The molecule has 146 valence electrons. The van der Waals surface area contributed by atoms with Gasteiger partial charge in [-0.1, -0.05) is 42.0 Å². The molecule has 1 fully saturated rings. The number of likely N-dealkylation sites (tertiary alicyclic amines) is 1. The minimum absolute atomic E-state index is 0.124. The number of rotatable bonds is 2. The molecule has 0 saturated carbocycles. The molecule has 5 nitrogen and oxygen atoms in total. The van der Waals surface area contributed by atoms with Crippen molar-refractivity contribution >= 4 is 5.70 Å². The molecule has 0 amide bonds. The Morgan fingerprint density at radius 3 is 2.57 bits per heavy atom. The van der Waals surface area contributed by atoms with Gasteiger partial charge in [-0.05, 0) is 31.7 Å². The quantitative estimate of drug-likeness (QED) is 0.863. The zero-order valence-electron chi connectivity index (χ0n) is 16.7. The fourth-order valence-electron chi connectivity index (χ4n) is 4.53. The number of hydrogen-bond donors (Lipinski definition) is 1. The van der Waals surface area contributed by atoms with E-state index in [0.717, 1.165) is 48.7 Å². The van der Waals surface area contributed by atoms with Crippen LogP contribution in [0.3, 0.4) is 0 Å². The first-order valence-electron chi connectivity index (χ1n) is 9.99. The van der Waals surface area contributed by atoms with Gasteiger partial charge in [0.25, 0.3) is 0 Å². The molecule has 1 atom stereocenters. The Morgan fingerprint density at radius 1 is 1.11 bits per heavy atom. The van der Waals surface area contributed by atoms with Gasteiger partial charge in [0.05, 0.1) is 18.8 Å². The molecule has 1 spiro atoms. The standard InChI is InChI=1S/C23H27N3O2/c1-16-7-9-17(10-8-16)19-15-20-18-5-4-6-21(27-3)22(18)28-23(26(20)24-19)11-13-25(2)14-12-23/h4-10,15,20,24H,11-14H2,1-3H3/t20-/m1/s1. The van der Waals surface area contributed by atoms with Gasteiger partial charge in [-0.25, -0.2) is 0 Å². The Kier molecular flexibility index (Phi) is 4.11. The summed E-state index contributed by atoms with van der Waals surface area (Å²) in [5.41, 5.74) is 8.08. The van der Waals surface area contributed by atoms with Gasteiger partial charge in [0.1, 0.15) is 0 Å². The van der Waals surface area contributed by atoms with Gasteiger partial charge >= 0.3 is 0 Å². The molecule has 0 unspecified atom stereocenters. The Morgan fingerprint density at radius 2 is 1.86 bits per heavy atom. The molecule has 1 saturated heterocycles. The van der Waals surface area contributed by atoms with Crippen molar-refractivity contribution in [2.75, 3.05) is 27.2 Å². The highest BCUT2D eigenvalue weighted by Crippen LogP contribution is 2.51. The fraction of sp³-hybridized carbons (Fsp3) is 0.391. The van der Waals surface area contributed by atoms with Crippen LogP contribution in [0, 0.1) is 6.92 Å². The van der Waals surface area contributed by atoms with Crippen LogP contribution in [0.1, 0.15) is 35.6 Å². The van der Waals surface area contributed by atoms with E-state index in [1.165, 1.54) is 11.1 Å². The molecule has 3 aliphatic rings. The molecular weight excluding hydrogens is 350 g/mol. The predicted octanol–water partition coefficient (Wildman–Crippen LogP) is 3.72. The summed E-state index contributed by atoms with van der Waals surface area (Å²) in [5, 5.41) is 2.33. The van der Waals surface area contributed by atoms with Crippen LogP contribution in [-0.4, -0.2) is 42.9 Å². The number of fused-ring (bicyclic) bond motifs is 4. The average Bonchev–Trinajstić information content (AvgIpc) is 3.17. The van der Waals surface area contributed by atoms with Crippen molar-refractivity contribution in [3.05, 3.63) is 65.2 Å². The lowest BCUT2D eigenvalue weighted by Crippen LogP contribution is -2.63. The molecular formula is C23H27N3O2. The van der Waals surface area contributed by atoms with Crippen molar-refractivity contribution in [2.45, 2.75) is 31.5 Å². The van der Waals surface area contributed by atoms with Crippen molar-refractivity contribution in [3.63, 3.8) is 0 Å². The lowest BCUT2D eigenvalue weighted by Gasteiger charge is -2.51. The van der Waals surface area contributed by atoms with E-state index in [1.807, 2.05) is 12.1 Å². The number of benzene rings is 2. The van der Waals surface area contributed by atoms with E-state index < -0.39 is 0 Å². The van der Waals surface area contributed by atoms with E-state index in [9.17, 15) is 0 Å². The average molecular weight is 377 g/mol. The van der Waals surface area contributed by atoms with E-state index in [2.05, 4.69) is 65.7 Å². The minimum atomic E-state index is -0.373. The van der Waals surface area contributed by atoms with Gasteiger partial charge in [-0.2, -0.15) is 5.01 Å². The second-order valence-corrected chi connectivity index (χ2v) is 8.10. The normalized spacial score (nSPS) is 23.4. The first kappa shape index (κ1) is 17.6. The van der Waals surface area contributed by atoms with Gasteiger partial charge in [-0.3, -0.25) is 0 Å². The summed E-state index contributed by atoms with van der Waals surface area (Å²) < 4.78 is 12.4. The van der Waals surface area contributed by atoms with Gasteiger partial charge in [0, 0.05) is 31.5 Å². The van der Waals surface area contributed by atoms with Gasteiger partial charge in [0.15, 0.2) is 17.2 Å². The molecule has 2 aromatic rings. The molecule has 0 bridgehead atoms. The zero-order chi connectivity index (χ0) is 19.3. The zero-order valence-corrected chi connectivity index (χ0v) is 16.7. The van der Waals surface area contributed by atoms with Crippen LogP contribution in [0.25, 0.3) is 5.70 Å². The van der Waals surface area contributed by atoms with Crippen LogP contribution < -0.4 is 14.9 Å². The van der Waals surface area contributed by atoms with Crippen molar-refractivity contribution in [1.82, 2.24) is 15.3 Å². The van der Waals surface area contributed by atoms with E-state index in [0.29, 0.717) is 0 Å². The van der Waals surface area contributed by atoms with Gasteiger partial charge in [-0.15, -0.1) is 0 Å². The SMILES string of the molecule is COc1cccc2c1OC1(CCN(C)CC1)N1NC(c3ccc(C)cc3)=C[C@H]21. The minimum Gasteiger partial charge on any atom is -0.493 e. The Hall–Kier alpha value is -2.50. The van der Waals surface area contributed by atoms with Crippen LogP contribution in [0.15, 0.2) is 48.5 Å². The molecule has 1 N–H and O–H groups in total. The van der Waals surface area contributed by atoms with Gasteiger partial charge < -0.3 is 19.8 Å². The molecule has 3 aliphatic heterocycles. The van der Waals surface area contributed by atoms with Crippen LogP contribution in [0.5, 0.6) is 11.5 Å². The number of aryl methyl sites for hydroxylation is 1. The maximum absolute atomic E-state index is 6.73. The summed E-state index contributed by atoms with van der Waals surface area (Å²) in [6.45, 7) is 4.14. The molecule has 0 radical (unpaired) electrons. The summed E-state index contributed by atoms with van der Waals surface area (Å²) in [4.78, 5) is 2.37. The monoisotopic (exact) mass is 377 g/mol. The van der Waals surface area contributed by atoms with E-state index in [-0.39, 0.29) is 11.8 Å². The third-order valence-corrected chi connectivity index (χ3v) is 6.25. The lowest BCUT2D eigenvalue weighted by atomic mass is 9.92. The number of piperidine rings is 1. The highest BCUT2D eigenvalue weighted by atomic mass is 16.5. The number of nitrogens with one attached hydrogen (secondary N) is 1. The molecule has 28 heavy (non-hydrogen) atoms. The van der Waals surface area contributed by atoms with Crippen LogP contribution >= 0.6 is 0 Å². The number of methoxy groups -OCH3 is 1. The largest absolute Gasteiger partial charge is 0.493 e. The third kappa shape index (κ3) is 2.69. The van der Waals surface area contributed by atoms with E-state index in [4.69, 9.17) is 9.47 Å². The summed E-state index contributed by atoms with van der Waals surface area (Å²) in [5.74, 6) is 1.70. The molecule has 3 heterocycles.